The maximum absolute atomic E-state index is 12.1. The molecule has 0 amide bonds. The number of rotatable bonds is 9. The van der Waals surface area contributed by atoms with Gasteiger partial charge in [-0.3, -0.25) is 9.89 Å². The summed E-state index contributed by atoms with van der Waals surface area (Å²) in [5.41, 5.74) is 0. The van der Waals surface area contributed by atoms with Gasteiger partial charge in [0.2, 0.25) is 0 Å². The molecular formula is C17H38N4O2S. The largest absolute Gasteiger partial charge is 0.357 e. The Morgan fingerprint density at radius 2 is 1.62 bits per heavy atom. The summed E-state index contributed by atoms with van der Waals surface area (Å²) in [7, 11) is -3.12. The van der Waals surface area contributed by atoms with Gasteiger partial charge in [0.05, 0.1) is 17.0 Å². The minimum Gasteiger partial charge on any atom is -0.357 e. The predicted molar refractivity (Wildman–Crippen MR) is 104 cm³/mol. The first-order chi connectivity index (χ1) is 10.9. The zero-order valence-electron chi connectivity index (χ0n) is 16.8. The second-order valence-corrected chi connectivity index (χ2v) is 10.4. The summed E-state index contributed by atoms with van der Waals surface area (Å²) >= 11 is 0. The molecule has 0 aliphatic carbocycles. The van der Waals surface area contributed by atoms with Gasteiger partial charge in [-0.05, 0) is 55.4 Å². The quantitative estimate of drug-likeness (QED) is 0.484. The minimum absolute atomic E-state index is 0.102. The standard InChI is InChI=1S/C17H38N4O2S/c1-9-18-16(19-10-12-21(14(2)3)15(4)5)20-11-13-24(22,23)17(6,7)8/h14-15H,9-13H2,1-8H3,(H2,18,19,20). The molecule has 24 heavy (non-hydrogen) atoms. The van der Waals surface area contributed by atoms with Crippen LogP contribution in [-0.4, -0.2) is 68.0 Å². The highest BCUT2D eigenvalue weighted by Crippen LogP contribution is 2.15. The maximum Gasteiger partial charge on any atom is 0.191 e. The van der Waals surface area contributed by atoms with Crippen molar-refractivity contribution in [1.82, 2.24) is 15.5 Å². The molecular weight excluding hydrogens is 324 g/mol. The molecule has 0 spiro atoms. The van der Waals surface area contributed by atoms with Gasteiger partial charge < -0.3 is 10.6 Å². The van der Waals surface area contributed by atoms with E-state index in [1.54, 1.807) is 20.8 Å². The Bertz CT molecular complexity index is 471. The molecule has 0 heterocycles. The van der Waals surface area contributed by atoms with E-state index in [9.17, 15) is 8.42 Å². The number of hydrogen-bond acceptors (Lipinski definition) is 4. The summed E-state index contributed by atoms with van der Waals surface area (Å²) in [6, 6.07) is 0.959. The highest BCUT2D eigenvalue weighted by atomic mass is 32.2. The molecule has 0 unspecified atom stereocenters. The van der Waals surface area contributed by atoms with Crippen LogP contribution in [0, 0.1) is 0 Å². The number of sulfone groups is 1. The lowest BCUT2D eigenvalue weighted by Gasteiger charge is -2.29. The fraction of sp³-hybridized carbons (Fsp3) is 0.941. The van der Waals surface area contributed by atoms with Crippen LogP contribution >= 0.6 is 0 Å². The molecule has 0 aliphatic heterocycles. The molecule has 144 valence electrons. The van der Waals surface area contributed by atoms with Crippen LogP contribution in [0.4, 0.5) is 0 Å². The first-order valence-corrected chi connectivity index (χ1v) is 10.6. The molecule has 0 aromatic carbocycles. The van der Waals surface area contributed by atoms with Crippen molar-refractivity contribution >= 4 is 15.8 Å². The van der Waals surface area contributed by atoms with Gasteiger partial charge in [0.25, 0.3) is 0 Å². The average Bonchev–Trinajstić information content (AvgIpc) is 2.41. The van der Waals surface area contributed by atoms with Crippen LogP contribution in [0.2, 0.25) is 0 Å². The normalized spacial score (nSPS) is 13.9. The summed E-state index contributed by atoms with van der Waals surface area (Å²) in [6.45, 7) is 18.6. The van der Waals surface area contributed by atoms with E-state index >= 15 is 0 Å². The second-order valence-electron chi connectivity index (χ2n) is 7.54. The van der Waals surface area contributed by atoms with Crippen molar-refractivity contribution in [2.75, 3.05) is 31.9 Å². The van der Waals surface area contributed by atoms with Crippen LogP contribution in [0.1, 0.15) is 55.4 Å². The van der Waals surface area contributed by atoms with Crippen LogP contribution < -0.4 is 10.6 Å². The SMILES string of the molecule is CCNC(=NCCN(C(C)C)C(C)C)NCCS(=O)(=O)C(C)(C)C. The highest BCUT2D eigenvalue weighted by molar-refractivity contribution is 7.92. The van der Waals surface area contributed by atoms with E-state index < -0.39 is 14.6 Å². The van der Waals surface area contributed by atoms with Gasteiger partial charge in [0.1, 0.15) is 0 Å². The van der Waals surface area contributed by atoms with E-state index in [1.165, 1.54) is 0 Å². The lowest BCUT2D eigenvalue weighted by Crippen LogP contribution is -2.43. The van der Waals surface area contributed by atoms with Crippen LogP contribution in [0.3, 0.4) is 0 Å². The van der Waals surface area contributed by atoms with Crippen LogP contribution in [0.25, 0.3) is 0 Å². The van der Waals surface area contributed by atoms with Crippen LogP contribution in [0.15, 0.2) is 4.99 Å². The van der Waals surface area contributed by atoms with Crippen molar-refractivity contribution in [2.24, 2.45) is 4.99 Å². The molecule has 0 aromatic heterocycles. The maximum atomic E-state index is 12.1. The molecule has 0 bridgehead atoms. The molecule has 0 saturated heterocycles. The van der Waals surface area contributed by atoms with E-state index in [0.717, 1.165) is 13.1 Å². The Morgan fingerprint density at radius 3 is 2.04 bits per heavy atom. The molecule has 0 rings (SSSR count). The monoisotopic (exact) mass is 362 g/mol. The number of nitrogens with zero attached hydrogens (tertiary/aromatic N) is 2. The van der Waals surface area contributed by atoms with Gasteiger partial charge >= 0.3 is 0 Å². The number of hydrogen-bond donors (Lipinski definition) is 2. The van der Waals surface area contributed by atoms with E-state index in [2.05, 4.69) is 48.2 Å². The van der Waals surface area contributed by atoms with Crippen LogP contribution in [0.5, 0.6) is 0 Å². The molecule has 0 atom stereocenters. The molecule has 7 heteroatoms. The minimum atomic E-state index is -3.12. The fourth-order valence-corrected chi connectivity index (χ4v) is 3.32. The third kappa shape index (κ3) is 8.33. The fourth-order valence-electron chi connectivity index (χ4n) is 2.34. The second kappa shape index (κ2) is 10.2. The summed E-state index contributed by atoms with van der Waals surface area (Å²) in [4.78, 5) is 6.94. The third-order valence-electron chi connectivity index (χ3n) is 3.90. The predicted octanol–water partition coefficient (Wildman–Crippen LogP) is 1.87. The summed E-state index contributed by atoms with van der Waals surface area (Å²) in [5.74, 6) is 0.777. The first kappa shape index (κ1) is 23.2. The Kier molecular flexibility index (Phi) is 9.88. The Labute approximate surface area is 149 Å². The zero-order chi connectivity index (χ0) is 19.0. The molecule has 0 aromatic rings. The average molecular weight is 363 g/mol. The Hall–Kier alpha value is -0.820. The van der Waals surface area contributed by atoms with Gasteiger partial charge in [0.15, 0.2) is 15.8 Å². The zero-order valence-corrected chi connectivity index (χ0v) is 17.6. The van der Waals surface area contributed by atoms with Gasteiger partial charge in [-0.15, -0.1) is 0 Å². The first-order valence-electron chi connectivity index (χ1n) is 8.92. The van der Waals surface area contributed by atoms with Gasteiger partial charge in [-0.1, -0.05) is 0 Å². The van der Waals surface area contributed by atoms with Gasteiger partial charge in [-0.2, -0.15) is 0 Å². The van der Waals surface area contributed by atoms with Crippen LogP contribution in [-0.2, 0) is 9.84 Å². The van der Waals surface area contributed by atoms with Crippen molar-refractivity contribution < 1.29 is 8.42 Å². The molecule has 6 nitrogen and oxygen atoms in total. The summed E-state index contributed by atoms with van der Waals surface area (Å²) in [6.07, 6.45) is 0. The Morgan fingerprint density at radius 1 is 1.08 bits per heavy atom. The highest BCUT2D eigenvalue weighted by Gasteiger charge is 2.28. The van der Waals surface area contributed by atoms with E-state index in [1.807, 2.05) is 6.92 Å². The number of aliphatic imine (C=N–C) groups is 1. The molecule has 0 radical (unpaired) electrons. The van der Waals surface area contributed by atoms with Crippen molar-refractivity contribution in [3.63, 3.8) is 0 Å². The lowest BCUT2D eigenvalue weighted by atomic mass is 10.2. The van der Waals surface area contributed by atoms with Crippen molar-refractivity contribution in [3.05, 3.63) is 0 Å². The topological polar surface area (TPSA) is 73.8 Å². The summed E-state index contributed by atoms with van der Waals surface area (Å²) < 4.78 is 23.6. The molecule has 0 aliphatic rings. The van der Waals surface area contributed by atoms with Crippen molar-refractivity contribution in [2.45, 2.75) is 72.2 Å². The van der Waals surface area contributed by atoms with E-state index in [0.29, 0.717) is 31.1 Å². The summed E-state index contributed by atoms with van der Waals surface area (Å²) in [5, 5.41) is 6.29. The number of nitrogens with one attached hydrogen (secondary N) is 2. The van der Waals surface area contributed by atoms with Crippen molar-refractivity contribution in [1.29, 1.82) is 0 Å². The smallest absolute Gasteiger partial charge is 0.191 e. The van der Waals surface area contributed by atoms with Crippen molar-refractivity contribution in [3.8, 4) is 0 Å². The van der Waals surface area contributed by atoms with E-state index in [-0.39, 0.29) is 5.75 Å². The lowest BCUT2D eigenvalue weighted by molar-refractivity contribution is 0.181. The van der Waals surface area contributed by atoms with Gasteiger partial charge in [0, 0.05) is 31.7 Å². The molecule has 0 fully saturated rings. The number of guanidine groups is 1. The third-order valence-corrected chi connectivity index (χ3v) is 6.50. The van der Waals surface area contributed by atoms with E-state index in [4.69, 9.17) is 0 Å². The molecule has 2 N–H and O–H groups in total. The Balaban J connectivity index is 4.59. The van der Waals surface area contributed by atoms with Gasteiger partial charge in [-0.25, -0.2) is 8.42 Å². The molecule has 0 saturated carbocycles.